The summed E-state index contributed by atoms with van der Waals surface area (Å²) in [4.78, 5) is 163. The van der Waals surface area contributed by atoms with Crippen LogP contribution < -0.4 is 79.0 Å². The van der Waals surface area contributed by atoms with Crippen LogP contribution in [0.5, 0.6) is 46.0 Å². The van der Waals surface area contributed by atoms with Gasteiger partial charge < -0.3 is 127 Å². The number of phenolic OH excluding ortho intramolecular Hbond substituents is 3. The van der Waals surface area contributed by atoms with Crippen molar-refractivity contribution in [3.63, 3.8) is 0 Å². The van der Waals surface area contributed by atoms with Gasteiger partial charge in [-0.05, 0) is 138 Å². The van der Waals surface area contributed by atoms with Gasteiger partial charge in [0, 0.05) is 72.6 Å². The van der Waals surface area contributed by atoms with Gasteiger partial charge in [-0.3, -0.25) is 63.4 Å². The first-order valence-electron chi connectivity index (χ1n) is 40.2. The molecule has 0 aliphatic carbocycles. The smallest absolute Gasteiger partial charge is 0.349 e. The molecule has 10 amide bonds. The zero-order chi connectivity index (χ0) is 92.6. The highest BCUT2D eigenvalue weighted by molar-refractivity contribution is 6.32. The van der Waals surface area contributed by atoms with Gasteiger partial charge in [-0.25, -0.2) is 4.79 Å². The highest BCUT2D eigenvalue weighted by Gasteiger charge is 2.52. The number of ether oxygens (including phenoxy) is 7. The molecule has 18 atom stereocenters. The van der Waals surface area contributed by atoms with Gasteiger partial charge in [-0.2, -0.15) is 4.98 Å². The van der Waals surface area contributed by atoms with Gasteiger partial charge >= 0.3 is 5.69 Å². The molecule has 43 heteroatoms. The molecule has 8 heterocycles. The summed E-state index contributed by atoms with van der Waals surface area (Å²) in [5, 5.41) is 127. The van der Waals surface area contributed by atoms with Crippen LogP contribution in [0.2, 0.25) is 15.1 Å². The largest absolute Gasteiger partial charge is 0.508 e. The fourth-order valence-electron chi connectivity index (χ4n) is 15.2. The number of hydrazine groups is 1. The van der Waals surface area contributed by atoms with Crippen molar-refractivity contribution in [2.75, 3.05) is 32.2 Å². The number of nitrogens with one attached hydrogen (secondary N) is 10. The number of amides is 10. The molecule has 0 spiro atoms. The average molecular weight is 1840 g/mol. The van der Waals surface area contributed by atoms with E-state index in [2.05, 4.69) is 58.4 Å². The number of aromatic hydroxyl groups is 3. The van der Waals surface area contributed by atoms with Gasteiger partial charge in [0.05, 0.1) is 48.3 Å². The summed E-state index contributed by atoms with van der Waals surface area (Å²) < 4.78 is 45.6. The number of benzene rings is 6. The molecule has 14 rings (SSSR count). The Hall–Kier alpha value is -12.1. The lowest BCUT2D eigenvalue weighted by Crippen LogP contribution is -2.65. The Morgan fingerprint density at radius 1 is 0.711 bits per heavy atom. The number of rotatable bonds is 22. The van der Waals surface area contributed by atoms with Crippen molar-refractivity contribution in [2.45, 2.75) is 170 Å². The van der Waals surface area contributed by atoms with Gasteiger partial charge in [0.15, 0.2) is 23.9 Å². The molecule has 2 fully saturated rings. The predicted octanol–water partition coefficient (Wildman–Crippen LogP) is 2.45. The number of hydrogen-bond donors (Lipinski definition) is 20. The maximum Gasteiger partial charge on any atom is 0.349 e. The van der Waals surface area contributed by atoms with Crippen LogP contribution >= 0.6 is 34.8 Å². The fraction of sp³-hybridized carbons (Fsp3) is 0.388. The van der Waals surface area contributed by atoms with Crippen molar-refractivity contribution in [1.82, 2.24) is 57.6 Å². The number of methoxy groups -OCH3 is 1. The van der Waals surface area contributed by atoms with Crippen LogP contribution in [0.4, 0.5) is 5.82 Å². The van der Waals surface area contributed by atoms with Crippen LogP contribution in [0.25, 0.3) is 17.2 Å². The Morgan fingerprint density at radius 3 is 2.00 bits per heavy atom. The van der Waals surface area contributed by atoms with Crippen LogP contribution in [0.3, 0.4) is 0 Å². The average Bonchev–Trinajstić information content (AvgIpc) is 0.763. The number of halogens is 3. The summed E-state index contributed by atoms with van der Waals surface area (Å²) in [5.41, 5.74) is 5.68. The molecule has 11 bridgehead atoms. The maximum absolute atomic E-state index is 16.4. The Balaban J connectivity index is 0.995. The number of nitrogens with two attached hydrogens (primary N) is 1. The zero-order valence-corrected chi connectivity index (χ0v) is 71.4. The molecule has 7 aromatic rings. The van der Waals surface area contributed by atoms with E-state index in [1.54, 1.807) is 38.1 Å². The SMILES string of the molecule is COCCC(=O)NNC(=O)[C@@H]1NC(=O)[C@H]2NC(=O)[C@H](NC(=O)[C@@H]3NC(=O)[C@H](CC(N)=O)NC(=O)[C@H](NC(=O)[C@H](C)CC(C)C)[C@H](O)c4ccc(c(Cl)c4)Oc4cc3cc(c4O[C@@H]3O[C@H](CO)[C@@H](O)[C@H](O)[C@H]3O[C@H]3C[C@](C)(NCCn4ccc(NC(=O)/C=C/c5ccc(Cl)cc5)nc4=O)[C@H](O)[C@H](C)O3)Oc3ccc(cc3Cl)[C@H]2O)c2ccc(O)c(c2)-c2c(O)cc(O)cc21. The molecule has 40 nitrogen and oxygen atoms in total. The maximum atomic E-state index is 16.4. The molecule has 7 aliphatic heterocycles. The summed E-state index contributed by atoms with van der Waals surface area (Å²) in [6, 6.07) is 8.20. The van der Waals surface area contributed by atoms with Crippen LogP contribution in [0, 0.1) is 11.8 Å². The van der Waals surface area contributed by atoms with E-state index < -0.39 is 259 Å². The third-order valence-electron chi connectivity index (χ3n) is 21.8. The van der Waals surface area contributed by atoms with E-state index in [0.717, 1.165) is 66.7 Å². The number of fused-ring (bicyclic) bond motifs is 15. The predicted molar refractivity (Wildman–Crippen MR) is 452 cm³/mol. The first-order chi connectivity index (χ1) is 60.8. The number of nitrogens with zero attached hydrogens (tertiary/aromatic N) is 2. The molecule has 0 unspecified atom stereocenters. The van der Waals surface area contributed by atoms with E-state index in [-0.39, 0.29) is 73.1 Å². The summed E-state index contributed by atoms with van der Waals surface area (Å²) in [6.07, 6.45) is -15.7. The number of aromatic nitrogens is 2. The lowest BCUT2D eigenvalue weighted by Gasteiger charge is -2.48. The summed E-state index contributed by atoms with van der Waals surface area (Å²) >= 11 is 20.4. The van der Waals surface area contributed by atoms with Gasteiger partial charge in [-0.1, -0.05) is 85.9 Å². The number of aliphatic hydroxyl groups excluding tert-OH is 6. The van der Waals surface area contributed by atoms with Crippen molar-refractivity contribution in [1.29, 1.82) is 0 Å². The molecular weight excluding hydrogens is 1740 g/mol. The second-order valence-electron chi connectivity index (χ2n) is 31.7. The Kier molecular flexibility index (Phi) is 30.3. The number of carbonyl (C=O) groups is 10. The van der Waals surface area contributed by atoms with Gasteiger partial charge in [0.2, 0.25) is 65.2 Å². The van der Waals surface area contributed by atoms with Gasteiger partial charge in [0.1, 0.15) is 101 Å². The van der Waals surface area contributed by atoms with Crippen molar-refractivity contribution < 1.29 is 127 Å². The van der Waals surface area contributed by atoms with Gasteiger partial charge in [-0.15, -0.1) is 0 Å². The van der Waals surface area contributed by atoms with Gasteiger partial charge in [0.25, 0.3) is 5.91 Å². The Morgan fingerprint density at radius 2 is 1.36 bits per heavy atom. The second-order valence-corrected chi connectivity index (χ2v) is 33.0. The number of carbonyl (C=O) groups excluding carboxylic acids is 10. The molecule has 7 aliphatic rings. The van der Waals surface area contributed by atoms with Crippen molar-refractivity contribution in [3.05, 3.63) is 180 Å². The summed E-state index contributed by atoms with van der Waals surface area (Å²) in [6.45, 7) is 7.03. The minimum Gasteiger partial charge on any atom is -0.508 e. The van der Waals surface area contributed by atoms with E-state index in [4.69, 9.17) is 73.7 Å². The highest BCUT2D eigenvalue weighted by Crippen LogP contribution is 2.50. The molecule has 682 valence electrons. The topological polar surface area (TPSA) is 599 Å². The van der Waals surface area contributed by atoms with Crippen molar-refractivity contribution >= 4 is 106 Å². The number of phenols is 3. The minimum absolute atomic E-state index is 0.0402. The fourth-order valence-corrected chi connectivity index (χ4v) is 15.8. The van der Waals surface area contributed by atoms with E-state index >= 15 is 19.2 Å². The molecule has 128 heavy (non-hydrogen) atoms. The zero-order valence-electron chi connectivity index (χ0n) is 69.2. The Labute approximate surface area is 744 Å². The quantitative estimate of drug-likeness (QED) is 0.0342. The minimum atomic E-state index is -2.41. The highest BCUT2D eigenvalue weighted by atomic mass is 35.5. The standard InChI is InChI=1S/C85H94Cl3N13O27/c1-36(2)25-37(3)76(114)97-67-69(109)41-11-16-53(48(87)27-41)124-55-29-43-30-56(73(55)128-83-74(72(112)71(111)57(35-102)126-83)127-62-34-85(5,75(113)38(4)123-62)90-21-23-101-22-19-59(93-84(101)121)92-60(107)18-9-39-7-13-44(86)14-8-39)125-54-17-12-42(28-49(54)88)70(110)68-81(119)96-66(82(120)100-99-61(108)20-24-122-6)47-31-45(103)32-52(105)63(47)46-26-40(10-15-51(46)104)64(78(116)98-68)95-79(117)65(43)94-77(115)50(33-58(89)106)91-80(67)118/h7-19,22,26-32,36-38,50,57,62,64-72,74-75,83,90,102-105,109-113H,20-21,23-25,33-35H2,1-6H3,(H2,89,106)(H,91,118)(H,94,115)(H,95,117)(H,96,119)(H,97,114)(H,98,116)(H,99,108)(H,100,120)(H,92,93,107,121)/b18-9+/t37-,38+,50+,57-,62+,64-,65-,66-,67-,68+,69-,70-,71-,72+,74-,75-,83+,85+/m1/s1. The van der Waals surface area contributed by atoms with Crippen LogP contribution in [-0.4, -0.2) is 214 Å². The normalized spacial score (nSPS) is 25.6. The second kappa shape index (κ2) is 40.9. The van der Waals surface area contributed by atoms with E-state index in [1.807, 2.05) is 13.8 Å². The van der Waals surface area contributed by atoms with E-state index in [0.29, 0.717) is 10.6 Å². The van der Waals surface area contributed by atoms with Crippen LogP contribution in [-0.2, 0) is 73.4 Å². The number of anilines is 1. The molecule has 0 radical (unpaired) electrons. The van der Waals surface area contributed by atoms with Crippen LogP contribution in [0.15, 0.2) is 126 Å². The third-order valence-corrected chi connectivity index (χ3v) is 22.7. The molecule has 2 saturated heterocycles. The lowest BCUT2D eigenvalue weighted by molar-refractivity contribution is -0.334. The van der Waals surface area contributed by atoms with E-state index in [1.165, 1.54) is 55.1 Å². The first-order valence-corrected chi connectivity index (χ1v) is 41.3. The summed E-state index contributed by atoms with van der Waals surface area (Å²) in [5.74, 6) is -18.1. The molecule has 6 aromatic carbocycles. The van der Waals surface area contributed by atoms with Crippen molar-refractivity contribution in [3.8, 4) is 57.1 Å². The third kappa shape index (κ3) is 22.2. The number of aliphatic hydroxyl groups is 6. The Bertz CT molecular complexity index is 5500. The molecule has 21 N–H and O–H groups in total. The monoisotopic (exact) mass is 1830 g/mol. The number of hydrogen-bond acceptors (Lipinski definition) is 29. The first kappa shape index (κ1) is 95.0. The number of primary amides is 1. The van der Waals surface area contributed by atoms with Crippen LogP contribution in [0.1, 0.15) is 124 Å². The molecular formula is C85H94Cl3N13O27. The van der Waals surface area contributed by atoms with Crippen molar-refractivity contribution in [2.24, 2.45) is 17.6 Å². The lowest BCUT2D eigenvalue weighted by atomic mass is 9.85. The van der Waals surface area contributed by atoms with E-state index in [9.17, 15) is 79.5 Å². The molecule has 1 aromatic heterocycles. The molecule has 0 saturated carbocycles. The summed E-state index contributed by atoms with van der Waals surface area (Å²) in [7, 11) is 1.30.